The first kappa shape index (κ1) is 16.2. The van der Waals surface area contributed by atoms with Crippen LogP contribution in [0, 0.1) is 5.92 Å². The van der Waals surface area contributed by atoms with Gasteiger partial charge in [0, 0.05) is 18.6 Å². The van der Waals surface area contributed by atoms with Crippen LogP contribution >= 0.6 is 0 Å². The molecule has 1 aliphatic carbocycles. The lowest BCUT2D eigenvalue weighted by molar-refractivity contribution is 0.226. The fourth-order valence-electron chi connectivity index (χ4n) is 3.02. The Bertz CT molecular complexity index is 399. The highest BCUT2D eigenvalue weighted by atomic mass is 32.2. The Kier molecular flexibility index (Phi) is 5.45. The molecule has 1 saturated heterocycles. The number of nitrogens with zero attached hydrogens (tertiary/aromatic N) is 1. The minimum absolute atomic E-state index is 0.196. The second-order valence-electron chi connectivity index (χ2n) is 6.57. The molecule has 0 radical (unpaired) electrons. The van der Waals surface area contributed by atoms with E-state index in [1.165, 1.54) is 0 Å². The number of nitrogens with one attached hydrogen (secondary N) is 2. The Morgan fingerprint density at radius 1 is 1.25 bits per heavy atom. The van der Waals surface area contributed by atoms with Gasteiger partial charge in [0.1, 0.15) is 0 Å². The normalized spacial score (nSPS) is 24.5. The van der Waals surface area contributed by atoms with Crippen molar-refractivity contribution in [3.63, 3.8) is 0 Å². The summed E-state index contributed by atoms with van der Waals surface area (Å²) in [5.74, 6) is 0.618. The summed E-state index contributed by atoms with van der Waals surface area (Å²) in [6, 6.07) is 0. The molecule has 0 atom stereocenters. The zero-order chi connectivity index (χ0) is 14.6. The van der Waals surface area contributed by atoms with Crippen molar-refractivity contribution in [1.29, 1.82) is 0 Å². The van der Waals surface area contributed by atoms with Crippen molar-refractivity contribution in [2.24, 2.45) is 5.92 Å². The third kappa shape index (κ3) is 4.16. The fourth-order valence-corrected chi connectivity index (χ4v) is 4.67. The monoisotopic (exact) mass is 303 g/mol. The van der Waals surface area contributed by atoms with Crippen LogP contribution in [0.1, 0.15) is 52.4 Å². The van der Waals surface area contributed by atoms with Gasteiger partial charge in [-0.05, 0) is 64.5 Å². The van der Waals surface area contributed by atoms with Gasteiger partial charge in [0.2, 0.25) is 0 Å². The number of hydrogen-bond donors (Lipinski definition) is 2. The zero-order valence-electron chi connectivity index (χ0n) is 12.8. The maximum atomic E-state index is 12.4. The smallest absolute Gasteiger partial charge is 0.279 e. The van der Waals surface area contributed by atoms with Crippen LogP contribution in [-0.4, -0.2) is 44.4 Å². The van der Waals surface area contributed by atoms with Crippen molar-refractivity contribution >= 4 is 10.2 Å². The standard InChI is InChI=1S/C14H29N3O2S/c1-3-9-15-12-13-5-10-17(11-6-13)20(18,19)16-14(2)7-4-8-14/h13,15-16H,3-12H2,1-2H3. The van der Waals surface area contributed by atoms with E-state index in [-0.39, 0.29) is 5.54 Å². The molecular weight excluding hydrogens is 274 g/mol. The quantitative estimate of drug-likeness (QED) is 0.700. The Morgan fingerprint density at radius 3 is 2.40 bits per heavy atom. The van der Waals surface area contributed by atoms with Gasteiger partial charge in [-0.2, -0.15) is 17.4 Å². The van der Waals surface area contributed by atoms with E-state index in [0.717, 1.165) is 51.6 Å². The predicted octanol–water partition coefficient (Wildman–Crippen LogP) is 1.47. The van der Waals surface area contributed by atoms with Gasteiger partial charge in [-0.15, -0.1) is 0 Å². The predicted molar refractivity (Wildman–Crippen MR) is 81.8 cm³/mol. The molecule has 1 aliphatic heterocycles. The molecular formula is C14H29N3O2S. The molecule has 0 aromatic carbocycles. The fraction of sp³-hybridized carbons (Fsp3) is 1.00. The summed E-state index contributed by atoms with van der Waals surface area (Å²) in [5, 5.41) is 3.43. The van der Waals surface area contributed by atoms with E-state index in [4.69, 9.17) is 0 Å². The molecule has 118 valence electrons. The minimum atomic E-state index is -3.29. The number of piperidine rings is 1. The average molecular weight is 303 g/mol. The van der Waals surface area contributed by atoms with E-state index >= 15 is 0 Å². The molecule has 1 heterocycles. The first-order valence-electron chi connectivity index (χ1n) is 7.95. The Morgan fingerprint density at radius 2 is 1.90 bits per heavy atom. The van der Waals surface area contributed by atoms with Crippen molar-refractivity contribution in [1.82, 2.24) is 14.3 Å². The molecule has 20 heavy (non-hydrogen) atoms. The summed E-state index contributed by atoms with van der Waals surface area (Å²) in [6.45, 7) is 7.56. The second-order valence-corrected chi connectivity index (χ2v) is 8.24. The van der Waals surface area contributed by atoms with E-state index in [1.807, 2.05) is 6.92 Å². The molecule has 0 unspecified atom stereocenters. The summed E-state index contributed by atoms with van der Waals surface area (Å²) < 4.78 is 29.2. The highest BCUT2D eigenvalue weighted by Crippen LogP contribution is 2.32. The average Bonchev–Trinajstić information content (AvgIpc) is 2.37. The van der Waals surface area contributed by atoms with E-state index in [2.05, 4.69) is 17.0 Å². The van der Waals surface area contributed by atoms with E-state index in [0.29, 0.717) is 19.0 Å². The van der Waals surface area contributed by atoms with Crippen LogP contribution in [0.4, 0.5) is 0 Å². The van der Waals surface area contributed by atoms with Crippen molar-refractivity contribution < 1.29 is 8.42 Å². The molecule has 1 saturated carbocycles. The third-order valence-corrected chi connectivity index (χ3v) is 6.40. The van der Waals surface area contributed by atoms with Crippen LogP contribution in [0.3, 0.4) is 0 Å². The van der Waals surface area contributed by atoms with Crippen LogP contribution in [0.15, 0.2) is 0 Å². The van der Waals surface area contributed by atoms with E-state index < -0.39 is 10.2 Å². The Labute approximate surface area is 123 Å². The van der Waals surface area contributed by atoms with E-state index in [9.17, 15) is 8.42 Å². The molecule has 0 aromatic heterocycles. The van der Waals surface area contributed by atoms with E-state index in [1.54, 1.807) is 4.31 Å². The topological polar surface area (TPSA) is 61.4 Å². The van der Waals surface area contributed by atoms with Crippen molar-refractivity contribution in [3.05, 3.63) is 0 Å². The zero-order valence-corrected chi connectivity index (χ0v) is 13.6. The molecule has 2 rings (SSSR count). The van der Waals surface area contributed by atoms with Gasteiger partial charge < -0.3 is 5.32 Å². The lowest BCUT2D eigenvalue weighted by Crippen LogP contribution is -2.56. The van der Waals surface area contributed by atoms with Crippen LogP contribution in [0.2, 0.25) is 0 Å². The molecule has 5 nitrogen and oxygen atoms in total. The minimum Gasteiger partial charge on any atom is -0.316 e. The molecule has 0 amide bonds. The molecule has 6 heteroatoms. The van der Waals surface area contributed by atoms with Gasteiger partial charge >= 0.3 is 0 Å². The lowest BCUT2D eigenvalue weighted by Gasteiger charge is -2.41. The summed E-state index contributed by atoms with van der Waals surface area (Å²) in [5.41, 5.74) is -0.196. The Balaban J connectivity index is 1.77. The highest BCUT2D eigenvalue weighted by Gasteiger charge is 2.38. The largest absolute Gasteiger partial charge is 0.316 e. The van der Waals surface area contributed by atoms with Gasteiger partial charge in [0.15, 0.2) is 0 Å². The molecule has 0 spiro atoms. The summed E-state index contributed by atoms with van der Waals surface area (Å²) in [6.07, 6.45) is 6.13. The molecule has 0 aromatic rings. The van der Waals surface area contributed by atoms with Crippen LogP contribution in [0.5, 0.6) is 0 Å². The maximum Gasteiger partial charge on any atom is 0.279 e. The Hall–Kier alpha value is -0.170. The third-order valence-electron chi connectivity index (χ3n) is 4.61. The second kappa shape index (κ2) is 6.73. The number of hydrogen-bond acceptors (Lipinski definition) is 3. The molecule has 2 aliphatic rings. The summed E-state index contributed by atoms with van der Waals surface area (Å²) in [4.78, 5) is 0. The SMILES string of the molecule is CCCNCC1CCN(S(=O)(=O)NC2(C)CCC2)CC1. The molecule has 2 fully saturated rings. The van der Waals surface area contributed by atoms with Gasteiger partial charge in [-0.1, -0.05) is 6.92 Å². The molecule has 0 bridgehead atoms. The van der Waals surface area contributed by atoms with Gasteiger partial charge in [-0.3, -0.25) is 0 Å². The first-order valence-corrected chi connectivity index (χ1v) is 9.39. The maximum absolute atomic E-state index is 12.4. The van der Waals surface area contributed by atoms with Gasteiger partial charge in [0.05, 0.1) is 0 Å². The van der Waals surface area contributed by atoms with Crippen LogP contribution < -0.4 is 10.0 Å². The van der Waals surface area contributed by atoms with Crippen molar-refractivity contribution in [2.75, 3.05) is 26.2 Å². The van der Waals surface area contributed by atoms with Crippen LogP contribution in [-0.2, 0) is 10.2 Å². The highest BCUT2D eigenvalue weighted by molar-refractivity contribution is 7.87. The van der Waals surface area contributed by atoms with Gasteiger partial charge in [-0.25, -0.2) is 0 Å². The summed E-state index contributed by atoms with van der Waals surface area (Å²) >= 11 is 0. The van der Waals surface area contributed by atoms with Crippen molar-refractivity contribution in [3.8, 4) is 0 Å². The summed E-state index contributed by atoms with van der Waals surface area (Å²) in [7, 11) is -3.29. The molecule has 2 N–H and O–H groups in total. The lowest BCUT2D eigenvalue weighted by atomic mass is 9.80. The van der Waals surface area contributed by atoms with Crippen molar-refractivity contribution in [2.45, 2.75) is 57.9 Å². The first-order chi connectivity index (χ1) is 9.45. The number of rotatable bonds is 7. The van der Waals surface area contributed by atoms with Gasteiger partial charge in [0.25, 0.3) is 10.2 Å². The van der Waals surface area contributed by atoms with Crippen LogP contribution in [0.25, 0.3) is 0 Å².